The lowest BCUT2D eigenvalue weighted by atomic mass is 10.1. The fourth-order valence-corrected chi connectivity index (χ4v) is 2.33. The summed E-state index contributed by atoms with van der Waals surface area (Å²) in [7, 11) is 3.03. The van der Waals surface area contributed by atoms with Crippen LogP contribution in [0.1, 0.15) is 10.4 Å². The summed E-state index contributed by atoms with van der Waals surface area (Å²) in [5.41, 5.74) is 1.77. The predicted octanol–water partition coefficient (Wildman–Crippen LogP) is 3.41. The summed E-state index contributed by atoms with van der Waals surface area (Å²) >= 11 is 0. The molecule has 1 aromatic heterocycles. The molecule has 0 saturated heterocycles. The molecule has 0 aliphatic heterocycles. The average Bonchev–Trinajstić information content (AvgIpc) is 2.68. The molecule has 0 radical (unpaired) electrons. The lowest BCUT2D eigenvalue weighted by Crippen LogP contribution is -2.13. The molecular formula is C19H17N3O3. The minimum atomic E-state index is -0.243. The summed E-state index contributed by atoms with van der Waals surface area (Å²) in [4.78, 5) is 21.3. The van der Waals surface area contributed by atoms with E-state index in [1.165, 1.54) is 14.2 Å². The highest BCUT2D eigenvalue weighted by molar-refractivity contribution is 6.08. The Kier molecular flexibility index (Phi) is 4.89. The zero-order chi connectivity index (χ0) is 17.6. The first-order valence-electron chi connectivity index (χ1n) is 7.64. The Morgan fingerprint density at radius 2 is 1.48 bits per heavy atom. The average molecular weight is 335 g/mol. The van der Waals surface area contributed by atoms with E-state index in [0.717, 1.165) is 0 Å². The van der Waals surface area contributed by atoms with Crippen molar-refractivity contribution in [2.45, 2.75) is 0 Å². The fourth-order valence-electron chi connectivity index (χ4n) is 2.33. The first-order valence-corrected chi connectivity index (χ1v) is 7.64. The molecule has 0 aliphatic rings. The molecule has 3 rings (SSSR count). The first-order chi connectivity index (χ1) is 12.2. The van der Waals surface area contributed by atoms with Gasteiger partial charge in [0.05, 0.1) is 25.8 Å². The van der Waals surface area contributed by atoms with Crippen molar-refractivity contribution >= 4 is 11.6 Å². The number of nitrogens with one attached hydrogen (secondary N) is 1. The zero-order valence-corrected chi connectivity index (χ0v) is 13.9. The molecule has 0 aliphatic carbocycles. The smallest absolute Gasteiger partial charge is 0.256 e. The summed E-state index contributed by atoms with van der Waals surface area (Å²) < 4.78 is 10.4. The second-order valence-electron chi connectivity index (χ2n) is 5.14. The molecule has 0 spiro atoms. The van der Waals surface area contributed by atoms with Crippen LogP contribution in [0, 0.1) is 0 Å². The minimum Gasteiger partial charge on any atom is -0.481 e. The highest BCUT2D eigenvalue weighted by Gasteiger charge is 2.16. The first kappa shape index (κ1) is 16.4. The summed E-state index contributed by atoms with van der Waals surface area (Å²) in [5, 5.41) is 2.87. The largest absolute Gasteiger partial charge is 0.481 e. The molecule has 126 valence electrons. The summed E-state index contributed by atoms with van der Waals surface area (Å²) in [6.07, 6.45) is 0. The van der Waals surface area contributed by atoms with Crippen LogP contribution in [0.3, 0.4) is 0 Å². The number of aromatic nitrogens is 2. The lowest BCUT2D eigenvalue weighted by molar-refractivity contribution is 0.102. The number of carbonyl (C=O) groups is 1. The van der Waals surface area contributed by atoms with Crippen molar-refractivity contribution in [3.63, 3.8) is 0 Å². The molecule has 0 fully saturated rings. The molecule has 25 heavy (non-hydrogen) atoms. The highest BCUT2D eigenvalue weighted by Crippen LogP contribution is 2.26. The summed E-state index contributed by atoms with van der Waals surface area (Å²) in [5.74, 6) is 0.836. The van der Waals surface area contributed by atoms with Gasteiger partial charge in [-0.2, -0.15) is 9.97 Å². The Hall–Kier alpha value is -3.41. The molecule has 1 heterocycles. The molecular weight excluding hydrogens is 318 g/mol. The van der Waals surface area contributed by atoms with E-state index < -0.39 is 0 Å². The molecule has 6 nitrogen and oxygen atoms in total. The molecule has 6 heteroatoms. The van der Waals surface area contributed by atoms with Gasteiger partial charge in [0.25, 0.3) is 5.91 Å². The minimum absolute atomic E-state index is 0.243. The third kappa shape index (κ3) is 3.74. The Morgan fingerprint density at radius 1 is 0.880 bits per heavy atom. The van der Waals surface area contributed by atoms with Gasteiger partial charge in [-0.3, -0.25) is 4.79 Å². The third-order valence-electron chi connectivity index (χ3n) is 3.54. The van der Waals surface area contributed by atoms with Crippen LogP contribution >= 0.6 is 0 Å². The topological polar surface area (TPSA) is 73.3 Å². The van der Waals surface area contributed by atoms with Gasteiger partial charge in [-0.15, -0.1) is 0 Å². The van der Waals surface area contributed by atoms with E-state index >= 15 is 0 Å². The second-order valence-corrected chi connectivity index (χ2v) is 5.14. The number of methoxy groups -OCH3 is 2. The van der Waals surface area contributed by atoms with Gasteiger partial charge < -0.3 is 14.8 Å². The van der Waals surface area contributed by atoms with Crippen molar-refractivity contribution < 1.29 is 14.3 Å². The van der Waals surface area contributed by atoms with Gasteiger partial charge >= 0.3 is 0 Å². The van der Waals surface area contributed by atoms with Crippen LogP contribution in [-0.2, 0) is 0 Å². The number of rotatable bonds is 5. The third-order valence-corrected chi connectivity index (χ3v) is 3.54. The molecule has 0 bridgehead atoms. The molecule has 3 aromatic rings. The highest BCUT2D eigenvalue weighted by atomic mass is 16.5. The van der Waals surface area contributed by atoms with Gasteiger partial charge in [0, 0.05) is 11.3 Å². The van der Waals surface area contributed by atoms with Crippen molar-refractivity contribution in [1.29, 1.82) is 0 Å². The standard InChI is InChI=1S/C19H17N3O3/c1-24-16-12-17(25-2)22-18(21-16)14-10-6-7-11-15(14)19(23)20-13-8-4-3-5-9-13/h3-12H,1-2H3,(H,20,23). The number of anilines is 1. The zero-order valence-electron chi connectivity index (χ0n) is 13.9. The molecule has 0 unspecified atom stereocenters. The van der Waals surface area contributed by atoms with E-state index in [4.69, 9.17) is 9.47 Å². The predicted molar refractivity (Wildman–Crippen MR) is 95.0 cm³/mol. The van der Waals surface area contributed by atoms with Crippen molar-refractivity contribution in [1.82, 2.24) is 9.97 Å². The van der Waals surface area contributed by atoms with E-state index in [-0.39, 0.29) is 5.91 Å². The number of hydrogen-bond donors (Lipinski definition) is 1. The van der Waals surface area contributed by atoms with E-state index in [9.17, 15) is 4.79 Å². The number of para-hydroxylation sites is 1. The number of carbonyl (C=O) groups excluding carboxylic acids is 1. The van der Waals surface area contributed by atoms with Crippen LogP contribution in [0.4, 0.5) is 5.69 Å². The Bertz CT molecular complexity index is 860. The monoisotopic (exact) mass is 335 g/mol. The summed E-state index contributed by atoms with van der Waals surface area (Å²) in [6.45, 7) is 0. The lowest BCUT2D eigenvalue weighted by Gasteiger charge is -2.11. The van der Waals surface area contributed by atoms with Crippen LogP contribution in [-0.4, -0.2) is 30.1 Å². The molecule has 1 N–H and O–H groups in total. The normalized spacial score (nSPS) is 10.2. The van der Waals surface area contributed by atoms with Gasteiger partial charge in [0.15, 0.2) is 5.82 Å². The SMILES string of the molecule is COc1cc(OC)nc(-c2ccccc2C(=O)Nc2ccccc2)n1. The second kappa shape index (κ2) is 7.44. The molecule has 0 saturated carbocycles. The molecule has 1 amide bonds. The number of nitrogens with zero attached hydrogens (tertiary/aromatic N) is 2. The van der Waals surface area contributed by atoms with Gasteiger partial charge in [-0.25, -0.2) is 0 Å². The maximum absolute atomic E-state index is 12.7. The van der Waals surface area contributed by atoms with Crippen LogP contribution in [0.25, 0.3) is 11.4 Å². The van der Waals surface area contributed by atoms with Crippen LogP contribution < -0.4 is 14.8 Å². The van der Waals surface area contributed by atoms with Crippen LogP contribution in [0.15, 0.2) is 60.7 Å². The number of hydrogen-bond acceptors (Lipinski definition) is 5. The van der Waals surface area contributed by atoms with Gasteiger partial charge in [-0.1, -0.05) is 36.4 Å². The maximum atomic E-state index is 12.7. The van der Waals surface area contributed by atoms with Crippen LogP contribution in [0.5, 0.6) is 11.8 Å². The Morgan fingerprint density at radius 3 is 2.12 bits per heavy atom. The van der Waals surface area contributed by atoms with Crippen molar-refractivity contribution in [3.05, 3.63) is 66.2 Å². The molecule has 0 atom stereocenters. The van der Waals surface area contributed by atoms with Gasteiger partial charge in [0.1, 0.15) is 0 Å². The number of ether oxygens (including phenoxy) is 2. The Balaban J connectivity index is 2.00. The van der Waals surface area contributed by atoms with Crippen molar-refractivity contribution in [2.24, 2.45) is 0 Å². The van der Waals surface area contributed by atoms with Crippen LogP contribution in [0.2, 0.25) is 0 Å². The number of amides is 1. The van der Waals surface area contributed by atoms with Crippen molar-refractivity contribution in [2.75, 3.05) is 19.5 Å². The van der Waals surface area contributed by atoms with E-state index in [0.29, 0.717) is 34.4 Å². The van der Waals surface area contributed by atoms with E-state index in [1.54, 1.807) is 24.3 Å². The molecule has 2 aromatic carbocycles. The Labute approximate surface area is 145 Å². The quantitative estimate of drug-likeness (QED) is 0.773. The van der Waals surface area contributed by atoms with E-state index in [1.807, 2.05) is 36.4 Å². The number of benzene rings is 2. The van der Waals surface area contributed by atoms with E-state index in [2.05, 4.69) is 15.3 Å². The maximum Gasteiger partial charge on any atom is 0.256 e. The van der Waals surface area contributed by atoms with Gasteiger partial charge in [-0.05, 0) is 18.2 Å². The summed E-state index contributed by atoms with van der Waals surface area (Å²) in [6, 6.07) is 18.0. The van der Waals surface area contributed by atoms with Crippen molar-refractivity contribution in [3.8, 4) is 23.1 Å². The van der Waals surface area contributed by atoms with Gasteiger partial charge in [0.2, 0.25) is 11.8 Å². The fraction of sp³-hybridized carbons (Fsp3) is 0.105.